The number of halogens is 2. The van der Waals surface area contributed by atoms with Gasteiger partial charge in [-0.1, -0.05) is 12.1 Å². The summed E-state index contributed by atoms with van der Waals surface area (Å²) in [6, 6.07) is 8.31. The van der Waals surface area contributed by atoms with Gasteiger partial charge in [0, 0.05) is 12.1 Å². The van der Waals surface area contributed by atoms with Crippen molar-refractivity contribution >= 4 is 7.32 Å². The van der Waals surface area contributed by atoms with Crippen molar-refractivity contribution in [1.29, 1.82) is 0 Å². The molecular weight excluding hydrogens is 265 g/mol. The lowest BCUT2D eigenvalue weighted by atomic mass is 10.2. The minimum atomic E-state index is -1.65. The van der Waals surface area contributed by atoms with E-state index in [0.29, 0.717) is 11.1 Å². The Morgan fingerprint density at radius 3 is 1.60 bits per heavy atom. The maximum atomic E-state index is 13.3. The Morgan fingerprint density at radius 1 is 0.850 bits per heavy atom. The summed E-state index contributed by atoms with van der Waals surface area (Å²) in [5.74, 6) is -0.659. The largest absolute Gasteiger partial charge is 0.785 e. The third-order valence-electron chi connectivity index (χ3n) is 2.76. The molecule has 104 valence electrons. The summed E-state index contributed by atoms with van der Waals surface area (Å²) in [6.45, 7) is 3.22. The van der Waals surface area contributed by atoms with E-state index in [1.807, 2.05) is 0 Å². The summed E-state index contributed by atoms with van der Waals surface area (Å²) >= 11 is 0. The highest BCUT2D eigenvalue weighted by Crippen LogP contribution is 2.19. The fourth-order valence-corrected chi connectivity index (χ4v) is 1.55. The van der Waals surface area contributed by atoms with Crippen molar-refractivity contribution in [1.82, 2.24) is 0 Å². The van der Waals surface area contributed by atoms with Crippen LogP contribution < -0.4 is 9.31 Å². The minimum absolute atomic E-state index is 0.119. The van der Waals surface area contributed by atoms with Gasteiger partial charge >= 0.3 is 7.32 Å². The molecule has 3 nitrogen and oxygen atoms in total. The maximum absolute atomic E-state index is 13.3. The zero-order valence-electron chi connectivity index (χ0n) is 11.1. The summed E-state index contributed by atoms with van der Waals surface area (Å²) in [5.41, 5.74) is 0.932. The molecule has 1 N–H and O–H groups in total. The van der Waals surface area contributed by atoms with Crippen LogP contribution in [0, 0.1) is 25.5 Å². The lowest BCUT2D eigenvalue weighted by Gasteiger charge is -2.12. The minimum Gasteiger partial charge on any atom is -0.501 e. The highest BCUT2D eigenvalue weighted by Gasteiger charge is 2.22. The molecule has 0 radical (unpaired) electrons. The molecule has 0 saturated heterocycles. The second-order valence-electron chi connectivity index (χ2n) is 4.36. The van der Waals surface area contributed by atoms with Crippen molar-refractivity contribution in [2.24, 2.45) is 0 Å². The van der Waals surface area contributed by atoms with Crippen molar-refractivity contribution in [2.75, 3.05) is 0 Å². The van der Waals surface area contributed by atoms with Gasteiger partial charge in [0.2, 0.25) is 0 Å². The first kappa shape index (κ1) is 14.3. The Balaban J connectivity index is 2.02. The highest BCUT2D eigenvalue weighted by atomic mass is 19.1. The number of hydrogen-bond donors (Lipinski definition) is 1. The van der Waals surface area contributed by atoms with E-state index in [1.165, 1.54) is 24.3 Å². The van der Waals surface area contributed by atoms with Crippen LogP contribution in [0.25, 0.3) is 0 Å². The average molecular weight is 278 g/mol. The average Bonchev–Trinajstić information content (AvgIpc) is 2.38. The van der Waals surface area contributed by atoms with Gasteiger partial charge in [0.05, 0.1) is 0 Å². The lowest BCUT2D eigenvalue weighted by molar-refractivity contribution is 0.296. The van der Waals surface area contributed by atoms with Crippen LogP contribution in [0.2, 0.25) is 0 Å². The molecule has 0 aromatic heterocycles. The smallest absolute Gasteiger partial charge is 0.501 e. The first-order valence-corrected chi connectivity index (χ1v) is 5.99. The summed E-state index contributed by atoms with van der Waals surface area (Å²) in [5, 5.41) is 9.59. The Kier molecular flexibility index (Phi) is 4.24. The maximum Gasteiger partial charge on any atom is 0.785 e. The van der Waals surface area contributed by atoms with Crippen LogP contribution in [-0.2, 0) is 0 Å². The monoisotopic (exact) mass is 278 g/mol. The highest BCUT2D eigenvalue weighted by molar-refractivity contribution is 6.36. The molecule has 6 heteroatoms. The molecule has 0 aliphatic rings. The summed E-state index contributed by atoms with van der Waals surface area (Å²) in [7, 11) is -1.65. The number of benzene rings is 2. The Bertz CT molecular complexity index is 566. The van der Waals surface area contributed by atoms with Gasteiger partial charge in [-0.15, -0.1) is 0 Å². The predicted molar refractivity (Wildman–Crippen MR) is 71.5 cm³/mol. The van der Waals surface area contributed by atoms with Crippen LogP contribution >= 0.6 is 0 Å². The third-order valence-corrected chi connectivity index (χ3v) is 2.76. The van der Waals surface area contributed by atoms with E-state index in [9.17, 15) is 13.8 Å². The van der Waals surface area contributed by atoms with Crippen molar-refractivity contribution in [3.8, 4) is 11.5 Å². The van der Waals surface area contributed by atoms with Crippen LogP contribution in [0.15, 0.2) is 36.4 Å². The van der Waals surface area contributed by atoms with E-state index < -0.39 is 19.0 Å². The molecule has 2 aromatic rings. The van der Waals surface area contributed by atoms with E-state index in [2.05, 4.69) is 0 Å². The zero-order valence-corrected chi connectivity index (χ0v) is 11.1. The Labute approximate surface area is 115 Å². The van der Waals surface area contributed by atoms with Gasteiger partial charge in [0.1, 0.15) is 23.1 Å². The van der Waals surface area contributed by atoms with Crippen molar-refractivity contribution in [3.63, 3.8) is 0 Å². The van der Waals surface area contributed by atoms with Crippen molar-refractivity contribution < 1.29 is 23.1 Å². The SMILES string of the molecule is Cc1ccc(OB(O)Oc2ccc(C)c(F)c2)cc1F. The number of hydrogen-bond acceptors (Lipinski definition) is 3. The quantitative estimate of drug-likeness (QED) is 0.874. The lowest BCUT2D eigenvalue weighted by Crippen LogP contribution is -2.29. The van der Waals surface area contributed by atoms with Gasteiger partial charge in [-0.25, -0.2) is 8.78 Å². The summed E-state index contributed by atoms with van der Waals surface area (Å²) in [6.07, 6.45) is 0. The summed E-state index contributed by atoms with van der Waals surface area (Å²) in [4.78, 5) is 0. The predicted octanol–water partition coefficient (Wildman–Crippen LogP) is 3.02. The second kappa shape index (κ2) is 5.92. The van der Waals surface area contributed by atoms with Crippen molar-refractivity contribution in [3.05, 3.63) is 59.2 Å². The molecule has 0 fully saturated rings. The number of aryl methyl sites for hydroxylation is 2. The molecule has 0 heterocycles. The molecule has 2 rings (SSSR count). The van der Waals surface area contributed by atoms with E-state index in [-0.39, 0.29) is 11.5 Å². The Hall–Kier alpha value is -2.08. The molecular formula is C14H13BF2O3. The van der Waals surface area contributed by atoms with Gasteiger partial charge in [-0.2, -0.15) is 0 Å². The van der Waals surface area contributed by atoms with E-state index in [4.69, 9.17) is 9.31 Å². The molecule has 20 heavy (non-hydrogen) atoms. The van der Waals surface area contributed by atoms with Crippen LogP contribution in [0.5, 0.6) is 11.5 Å². The molecule has 0 spiro atoms. The van der Waals surface area contributed by atoms with Gasteiger partial charge < -0.3 is 14.3 Å². The van der Waals surface area contributed by atoms with Crippen LogP contribution in [-0.4, -0.2) is 12.3 Å². The normalized spacial score (nSPS) is 10.2. The number of rotatable bonds is 4. The zero-order chi connectivity index (χ0) is 14.7. The van der Waals surface area contributed by atoms with Crippen LogP contribution in [0.4, 0.5) is 8.78 Å². The van der Waals surface area contributed by atoms with Gasteiger partial charge in [-0.3, -0.25) is 0 Å². The van der Waals surface area contributed by atoms with Gasteiger partial charge in [0.15, 0.2) is 0 Å². The Morgan fingerprint density at radius 2 is 1.25 bits per heavy atom. The molecule has 0 amide bonds. The van der Waals surface area contributed by atoms with Crippen LogP contribution in [0.1, 0.15) is 11.1 Å². The van der Waals surface area contributed by atoms with Crippen LogP contribution in [0.3, 0.4) is 0 Å². The topological polar surface area (TPSA) is 38.7 Å². The summed E-state index contributed by atoms with van der Waals surface area (Å²) < 4.78 is 36.6. The fraction of sp³-hybridized carbons (Fsp3) is 0.143. The molecule has 0 aliphatic carbocycles. The van der Waals surface area contributed by atoms with Gasteiger partial charge in [-0.05, 0) is 37.1 Å². The fourth-order valence-electron chi connectivity index (χ4n) is 1.55. The second-order valence-corrected chi connectivity index (χ2v) is 4.36. The first-order chi connectivity index (χ1) is 9.45. The molecule has 0 atom stereocenters. The molecule has 2 aromatic carbocycles. The third kappa shape index (κ3) is 3.48. The molecule has 0 bridgehead atoms. The van der Waals surface area contributed by atoms with E-state index in [0.717, 1.165) is 12.1 Å². The van der Waals surface area contributed by atoms with E-state index in [1.54, 1.807) is 13.8 Å². The molecule has 0 saturated carbocycles. The molecule has 0 unspecified atom stereocenters. The van der Waals surface area contributed by atoms with E-state index >= 15 is 0 Å². The first-order valence-electron chi connectivity index (χ1n) is 5.99. The van der Waals surface area contributed by atoms with Crippen molar-refractivity contribution in [2.45, 2.75) is 13.8 Å². The molecule has 0 aliphatic heterocycles. The standard InChI is InChI=1S/C14H13BF2O3/c1-9-3-5-11(7-13(9)16)19-15(18)20-12-6-4-10(2)14(17)8-12/h3-8,18H,1-2H3. The van der Waals surface area contributed by atoms with Gasteiger partial charge in [0.25, 0.3) is 0 Å².